The van der Waals surface area contributed by atoms with Crippen LogP contribution in [0.3, 0.4) is 0 Å². The Kier molecular flexibility index (Phi) is 8.43. The number of benzene rings is 1. The van der Waals surface area contributed by atoms with Gasteiger partial charge in [-0.1, -0.05) is 26.0 Å². The molecule has 0 aromatic heterocycles. The third-order valence-corrected chi connectivity index (χ3v) is 7.87. The first-order chi connectivity index (χ1) is 15.0. The van der Waals surface area contributed by atoms with E-state index in [1.807, 2.05) is 42.3 Å². The van der Waals surface area contributed by atoms with Gasteiger partial charge in [-0.05, 0) is 56.1 Å². The molecule has 6 nitrogen and oxygen atoms in total. The highest BCUT2D eigenvalue weighted by atomic mass is 32.2. The monoisotopic (exact) mass is 445 g/mol. The number of fused-ring (bicyclic) bond motifs is 1. The van der Waals surface area contributed by atoms with E-state index in [9.17, 15) is 9.59 Å². The molecule has 1 aromatic carbocycles. The van der Waals surface area contributed by atoms with Crippen LogP contribution < -0.4 is 10.1 Å². The van der Waals surface area contributed by atoms with Crippen molar-refractivity contribution in [2.75, 3.05) is 40.3 Å². The Morgan fingerprint density at radius 1 is 1.26 bits per heavy atom. The summed E-state index contributed by atoms with van der Waals surface area (Å²) in [6.07, 6.45) is 4.53. The van der Waals surface area contributed by atoms with Gasteiger partial charge in [0.2, 0.25) is 5.91 Å². The van der Waals surface area contributed by atoms with Crippen molar-refractivity contribution in [2.24, 2.45) is 5.92 Å². The molecule has 1 aliphatic carbocycles. The van der Waals surface area contributed by atoms with Crippen LogP contribution in [0.5, 0.6) is 5.75 Å². The standard InChI is InChI=1S/C24H35N3O3S/c1-5-27(6-2)14-13-25-23(28)18-9-12-21-20(16-18)26(3)24(29)22(31-21)15-17-7-10-19(30-4)11-8-17/h7-8,10-11,15,18,20-21H,5-6,9,12-14,16H2,1-4H3,(H,25,28)/b22-15-. The van der Waals surface area contributed by atoms with Gasteiger partial charge in [-0.3, -0.25) is 9.59 Å². The lowest BCUT2D eigenvalue weighted by atomic mass is 9.83. The summed E-state index contributed by atoms with van der Waals surface area (Å²) in [6, 6.07) is 7.84. The second-order valence-electron chi connectivity index (χ2n) is 8.25. The number of carbonyl (C=O) groups is 2. The number of nitrogens with one attached hydrogen (secondary N) is 1. The minimum Gasteiger partial charge on any atom is -0.497 e. The largest absolute Gasteiger partial charge is 0.497 e. The fraction of sp³-hybridized carbons (Fsp3) is 0.583. The maximum absolute atomic E-state index is 13.0. The molecule has 0 radical (unpaired) electrons. The van der Waals surface area contributed by atoms with E-state index in [0.717, 1.165) is 55.1 Å². The predicted molar refractivity (Wildman–Crippen MR) is 127 cm³/mol. The van der Waals surface area contributed by atoms with Gasteiger partial charge in [0.05, 0.1) is 12.0 Å². The van der Waals surface area contributed by atoms with E-state index in [-0.39, 0.29) is 23.8 Å². The van der Waals surface area contributed by atoms with Crippen LogP contribution in [-0.4, -0.2) is 73.2 Å². The summed E-state index contributed by atoms with van der Waals surface area (Å²) in [5, 5.41) is 3.45. The fourth-order valence-corrected chi connectivity index (χ4v) is 5.89. The lowest BCUT2D eigenvalue weighted by Gasteiger charge is -2.44. The molecular formula is C24H35N3O3S. The van der Waals surface area contributed by atoms with Crippen molar-refractivity contribution in [2.45, 2.75) is 44.4 Å². The van der Waals surface area contributed by atoms with E-state index in [1.165, 1.54) is 0 Å². The summed E-state index contributed by atoms with van der Waals surface area (Å²) in [5.74, 6) is 0.970. The van der Waals surface area contributed by atoms with Crippen molar-refractivity contribution >= 4 is 29.7 Å². The van der Waals surface area contributed by atoms with Gasteiger partial charge in [0.15, 0.2) is 0 Å². The first-order valence-corrected chi connectivity index (χ1v) is 12.1. The van der Waals surface area contributed by atoms with Gasteiger partial charge >= 0.3 is 0 Å². The molecule has 3 atom stereocenters. The van der Waals surface area contributed by atoms with Crippen molar-refractivity contribution in [1.29, 1.82) is 0 Å². The molecule has 1 aliphatic heterocycles. The van der Waals surface area contributed by atoms with Crippen molar-refractivity contribution < 1.29 is 14.3 Å². The van der Waals surface area contributed by atoms with Crippen LogP contribution in [0.2, 0.25) is 0 Å². The lowest BCUT2D eigenvalue weighted by Crippen LogP contribution is -2.52. The summed E-state index contributed by atoms with van der Waals surface area (Å²) in [6.45, 7) is 7.83. The molecule has 31 heavy (non-hydrogen) atoms. The Bertz CT molecular complexity index is 792. The zero-order valence-corrected chi connectivity index (χ0v) is 19.9. The van der Waals surface area contributed by atoms with E-state index < -0.39 is 0 Å². The molecule has 170 valence electrons. The van der Waals surface area contributed by atoms with E-state index in [4.69, 9.17) is 4.74 Å². The number of methoxy groups -OCH3 is 1. The molecular weight excluding hydrogens is 410 g/mol. The molecule has 2 amide bonds. The Morgan fingerprint density at radius 2 is 1.97 bits per heavy atom. The molecule has 3 rings (SSSR count). The minimum atomic E-state index is -0.0130. The van der Waals surface area contributed by atoms with Gasteiger partial charge in [-0.25, -0.2) is 0 Å². The zero-order chi connectivity index (χ0) is 22.4. The molecule has 1 N–H and O–H groups in total. The van der Waals surface area contributed by atoms with E-state index in [1.54, 1.807) is 18.9 Å². The molecule has 0 bridgehead atoms. The maximum atomic E-state index is 13.0. The highest BCUT2D eigenvalue weighted by molar-refractivity contribution is 8.04. The van der Waals surface area contributed by atoms with Crippen molar-refractivity contribution in [3.05, 3.63) is 34.7 Å². The van der Waals surface area contributed by atoms with Crippen molar-refractivity contribution in [3.63, 3.8) is 0 Å². The normalized spacial score (nSPS) is 24.9. The SMILES string of the molecule is CCN(CC)CCNC(=O)C1CCC2S/C(=C\c3ccc(OC)cc3)C(=O)N(C)C2C1. The van der Waals surface area contributed by atoms with Gasteiger partial charge in [-0.2, -0.15) is 0 Å². The maximum Gasteiger partial charge on any atom is 0.260 e. The Balaban J connectivity index is 1.59. The summed E-state index contributed by atoms with van der Waals surface area (Å²) in [7, 11) is 3.52. The van der Waals surface area contributed by atoms with Crippen LogP contribution >= 0.6 is 11.8 Å². The zero-order valence-electron chi connectivity index (χ0n) is 19.1. The van der Waals surface area contributed by atoms with Crippen molar-refractivity contribution in [1.82, 2.24) is 15.1 Å². The summed E-state index contributed by atoms with van der Waals surface area (Å²) < 4.78 is 5.21. The number of rotatable bonds is 8. The Labute approximate surface area is 190 Å². The Morgan fingerprint density at radius 3 is 2.61 bits per heavy atom. The highest BCUT2D eigenvalue weighted by Gasteiger charge is 2.42. The first-order valence-electron chi connectivity index (χ1n) is 11.3. The molecule has 1 aromatic rings. The first kappa shape index (κ1) is 23.7. The number of carbonyl (C=O) groups excluding carboxylic acids is 2. The van der Waals surface area contributed by atoms with Crippen LogP contribution in [0, 0.1) is 5.92 Å². The summed E-state index contributed by atoms with van der Waals surface area (Å²) in [4.78, 5) is 30.6. The van der Waals surface area contributed by atoms with Gasteiger partial charge in [-0.15, -0.1) is 11.8 Å². The molecule has 0 spiro atoms. The topological polar surface area (TPSA) is 61.9 Å². The molecule has 2 aliphatic rings. The molecule has 1 saturated heterocycles. The Hall–Kier alpha value is -1.99. The van der Waals surface area contributed by atoms with Crippen LogP contribution in [0.1, 0.15) is 38.7 Å². The average Bonchev–Trinajstić information content (AvgIpc) is 2.80. The van der Waals surface area contributed by atoms with Crippen LogP contribution in [0.4, 0.5) is 0 Å². The lowest BCUT2D eigenvalue weighted by molar-refractivity contribution is -0.131. The number of likely N-dealkylation sites (N-methyl/N-ethyl adjacent to an activating group) is 2. The third-order valence-electron chi connectivity index (χ3n) is 6.47. The van der Waals surface area contributed by atoms with Gasteiger partial charge in [0, 0.05) is 37.3 Å². The molecule has 1 saturated carbocycles. The number of ether oxygens (including phenoxy) is 1. The van der Waals surface area contributed by atoms with Gasteiger partial charge < -0.3 is 19.9 Å². The molecule has 2 fully saturated rings. The minimum absolute atomic E-state index is 0.0130. The molecule has 1 heterocycles. The quantitative estimate of drug-likeness (QED) is 0.623. The van der Waals surface area contributed by atoms with Gasteiger partial charge in [0.25, 0.3) is 5.91 Å². The van der Waals surface area contributed by atoms with Crippen LogP contribution in [0.25, 0.3) is 6.08 Å². The molecule has 3 unspecified atom stereocenters. The summed E-state index contributed by atoms with van der Waals surface area (Å²) in [5.41, 5.74) is 0.991. The van der Waals surface area contributed by atoms with Gasteiger partial charge in [0.1, 0.15) is 5.75 Å². The smallest absolute Gasteiger partial charge is 0.260 e. The van der Waals surface area contributed by atoms with E-state index >= 15 is 0 Å². The number of hydrogen-bond donors (Lipinski definition) is 1. The van der Waals surface area contributed by atoms with Crippen LogP contribution in [0.15, 0.2) is 29.2 Å². The number of thioether (sulfide) groups is 1. The fourth-order valence-electron chi connectivity index (χ4n) is 4.41. The number of amides is 2. The third kappa shape index (κ3) is 5.83. The molecule has 7 heteroatoms. The van der Waals surface area contributed by atoms with Crippen LogP contribution in [-0.2, 0) is 9.59 Å². The van der Waals surface area contributed by atoms with E-state index in [0.29, 0.717) is 11.8 Å². The van der Waals surface area contributed by atoms with Crippen molar-refractivity contribution in [3.8, 4) is 5.75 Å². The predicted octanol–water partition coefficient (Wildman–Crippen LogP) is 3.24. The number of hydrogen-bond acceptors (Lipinski definition) is 5. The summed E-state index contributed by atoms with van der Waals surface area (Å²) >= 11 is 1.67. The highest BCUT2D eigenvalue weighted by Crippen LogP contribution is 2.43. The van der Waals surface area contributed by atoms with E-state index in [2.05, 4.69) is 24.1 Å². The second-order valence-corrected chi connectivity index (χ2v) is 9.53. The average molecular weight is 446 g/mol. The second kappa shape index (κ2) is 11.0. The number of nitrogens with zero attached hydrogens (tertiary/aromatic N) is 2.